The summed E-state index contributed by atoms with van der Waals surface area (Å²) in [5.74, 6) is 0.683. The normalized spacial score (nSPS) is 11.1. The molecule has 90 valence electrons. The van der Waals surface area contributed by atoms with Gasteiger partial charge in [0.25, 0.3) is 0 Å². The first kappa shape index (κ1) is 12.4. The Kier molecular flexibility index (Phi) is 3.40. The number of nitrogen functional groups attached to an aromatic ring is 1. The Morgan fingerprint density at radius 1 is 1.41 bits per heavy atom. The summed E-state index contributed by atoms with van der Waals surface area (Å²) in [5, 5.41) is 8.60. The highest BCUT2D eigenvalue weighted by Gasteiger charge is 2.17. The van der Waals surface area contributed by atoms with Crippen LogP contribution in [0.4, 0.5) is 5.82 Å². The molecule has 0 atom stereocenters. The second-order valence-corrected chi connectivity index (χ2v) is 5.20. The zero-order chi connectivity index (χ0) is 12.6. The first-order valence-corrected chi connectivity index (χ1v) is 6.35. The number of nitrogens with zero attached hydrogens (tertiary/aromatic N) is 3. The predicted octanol–water partition coefficient (Wildman–Crippen LogP) is 3.39. The van der Waals surface area contributed by atoms with Gasteiger partial charge in [0.2, 0.25) is 0 Å². The Labute approximate surface area is 113 Å². The summed E-state index contributed by atoms with van der Waals surface area (Å²) in [5.41, 5.74) is 7.55. The van der Waals surface area contributed by atoms with Crippen molar-refractivity contribution in [2.24, 2.45) is 0 Å². The minimum atomic E-state index is 0.232. The number of hydrogen-bond donors (Lipinski definition) is 1. The van der Waals surface area contributed by atoms with Gasteiger partial charge in [0, 0.05) is 0 Å². The predicted molar refractivity (Wildman–Crippen MR) is 72.6 cm³/mol. The molecule has 1 heterocycles. The van der Waals surface area contributed by atoms with Gasteiger partial charge in [0.1, 0.15) is 0 Å². The summed E-state index contributed by atoms with van der Waals surface area (Å²) < 4.78 is 2.50. The largest absolute Gasteiger partial charge is 0.381 e. The van der Waals surface area contributed by atoms with Crippen molar-refractivity contribution >= 4 is 33.3 Å². The van der Waals surface area contributed by atoms with Gasteiger partial charge >= 0.3 is 0 Å². The van der Waals surface area contributed by atoms with Crippen molar-refractivity contribution in [1.82, 2.24) is 15.0 Å². The number of benzene rings is 1. The number of hydrogen-bond acceptors (Lipinski definition) is 3. The molecule has 0 unspecified atom stereocenters. The standard InChI is InChI=1S/C11H12BrClN4/c1-6(2)10-11(14)15-16-17(10)8-5-3-4-7(13)9(8)12/h3-6H,14H2,1-2H3. The average Bonchev–Trinajstić information content (AvgIpc) is 2.64. The van der Waals surface area contributed by atoms with E-state index >= 15 is 0 Å². The molecule has 0 saturated heterocycles. The van der Waals surface area contributed by atoms with Crippen LogP contribution in [0.25, 0.3) is 5.69 Å². The average molecular weight is 316 g/mol. The van der Waals surface area contributed by atoms with Crippen LogP contribution < -0.4 is 5.73 Å². The molecule has 1 aromatic carbocycles. The van der Waals surface area contributed by atoms with E-state index in [0.717, 1.165) is 15.9 Å². The zero-order valence-electron chi connectivity index (χ0n) is 9.48. The van der Waals surface area contributed by atoms with Crippen molar-refractivity contribution in [3.63, 3.8) is 0 Å². The van der Waals surface area contributed by atoms with Gasteiger partial charge in [-0.2, -0.15) is 0 Å². The summed E-state index contributed by atoms with van der Waals surface area (Å²) in [6, 6.07) is 5.59. The maximum absolute atomic E-state index is 6.06. The molecule has 0 saturated carbocycles. The van der Waals surface area contributed by atoms with E-state index in [2.05, 4.69) is 26.2 Å². The number of anilines is 1. The van der Waals surface area contributed by atoms with Gasteiger partial charge in [0.05, 0.1) is 20.9 Å². The molecule has 17 heavy (non-hydrogen) atoms. The first-order chi connectivity index (χ1) is 8.02. The second kappa shape index (κ2) is 4.66. The number of aromatic nitrogens is 3. The van der Waals surface area contributed by atoms with Gasteiger partial charge in [-0.3, -0.25) is 0 Å². The Morgan fingerprint density at radius 2 is 2.12 bits per heavy atom. The van der Waals surface area contributed by atoms with Crippen LogP contribution in [0, 0.1) is 0 Å². The number of rotatable bonds is 2. The van der Waals surface area contributed by atoms with E-state index in [1.54, 1.807) is 4.68 Å². The van der Waals surface area contributed by atoms with Gasteiger partial charge < -0.3 is 5.73 Å². The van der Waals surface area contributed by atoms with Crippen LogP contribution in [0.5, 0.6) is 0 Å². The molecule has 2 N–H and O–H groups in total. The third-order valence-corrected chi connectivity index (χ3v) is 3.82. The van der Waals surface area contributed by atoms with Crippen molar-refractivity contribution < 1.29 is 0 Å². The highest BCUT2D eigenvalue weighted by Crippen LogP contribution is 2.31. The molecule has 0 bridgehead atoms. The van der Waals surface area contributed by atoms with Crippen LogP contribution >= 0.6 is 27.5 Å². The molecular formula is C11H12BrClN4. The van der Waals surface area contributed by atoms with E-state index < -0.39 is 0 Å². The summed E-state index contributed by atoms with van der Waals surface area (Å²) in [7, 11) is 0. The quantitative estimate of drug-likeness (QED) is 0.924. The van der Waals surface area contributed by atoms with E-state index in [-0.39, 0.29) is 5.92 Å². The molecule has 0 amide bonds. The third-order valence-electron chi connectivity index (χ3n) is 2.44. The van der Waals surface area contributed by atoms with Crippen molar-refractivity contribution in [2.45, 2.75) is 19.8 Å². The summed E-state index contributed by atoms with van der Waals surface area (Å²) >= 11 is 9.51. The molecule has 4 nitrogen and oxygen atoms in total. The SMILES string of the molecule is CC(C)c1c(N)nnn1-c1cccc(Cl)c1Br. The molecule has 0 aliphatic carbocycles. The minimum Gasteiger partial charge on any atom is -0.381 e. The van der Waals surface area contributed by atoms with Gasteiger partial charge in [-0.05, 0) is 34.0 Å². The van der Waals surface area contributed by atoms with Crippen LogP contribution in [0.15, 0.2) is 22.7 Å². The van der Waals surface area contributed by atoms with Crippen LogP contribution in [0.1, 0.15) is 25.5 Å². The van der Waals surface area contributed by atoms with Gasteiger partial charge in [0.15, 0.2) is 5.82 Å². The van der Waals surface area contributed by atoms with Crippen LogP contribution in [0.2, 0.25) is 5.02 Å². The fourth-order valence-electron chi connectivity index (χ4n) is 1.68. The fraction of sp³-hybridized carbons (Fsp3) is 0.273. The molecule has 2 aromatic rings. The van der Waals surface area contributed by atoms with Crippen molar-refractivity contribution in [2.75, 3.05) is 5.73 Å². The summed E-state index contributed by atoms with van der Waals surface area (Å²) in [4.78, 5) is 0. The van der Waals surface area contributed by atoms with E-state index in [9.17, 15) is 0 Å². The van der Waals surface area contributed by atoms with E-state index in [4.69, 9.17) is 17.3 Å². The van der Waals surface area contributed by atoms with Gasteiger partial charge in [-0.1, -0.05) is 36.7 Å². The molecule has 0 aliphatic rings. The van der Waals surface area contributed by atoms with Crippen LogP contribution in [-0.2, 0) is 0 Å². The molecular weight excluding hydrogens is 304 g/mol. The monoisotopic (exact) mass is 314 g/mol. The summed E-state index contributed by atoms with van der Waals surface area (Å²) in [6.45, 7) is 4.09. The van der Waals surface area contributed by atoms with Crippen LogP contribution in [-0.4, -0.2) is 15.0 Å². The second-order valence-electron chi connectivity index (χ2n) is 4.00. The molecule has 0 fully saturated rings. The Balaban J connectivity index is 2.65. The molecule has 6 heteroatoms. The topological polar surface area (TPSA) is 56.7 Å². The lowest BCUT2D eigenvalue weighted by atomic mass is 10.1. The molecule has 0 spiro atoms. The fourth-order valence-corrected chi connectivity index (χ4v) is 2.28. The zero-order valence-corrected chi connectivity index (χ0v) is 11.8. The molecule has 2 rings (SSSR count). The van der Waals surface area contributed by atoms with E-state index in [0.29, 0.717) is 10.8 Å². The lowest BCUT2D eigenvalue weighted by molar-refractivity contribution is 0.714. The lowest BCUT2D eigenvalue weighted by Gasteiger charge is -2.11. The lowest BCUT2D eigenvalue weighted by Crippen LogP contribution is -2.06. The molecule has 1 aromatic heterocycles. The third kappa shape index (κ3) is 2.17. The Morgan fingerprint density at radius 3 is 2.76 bits per heavy atom. The Bertz CT molecular complexity index is 550. The highest BCUT2D eigenvalue weighted by molar-refractivity contribution is 9.10. The highest BCUT2D eigenvalue weighted by atomic mass is 79.9. The summed E-state index contributed by atoms with van der Waals surface area (Å²) in [6.07, 6.45) is 0. The minimum absolute atomic E-state index is 0.232. The first-order valence-electron chi connectivity index (χ1n) is 5.17. The number of nitrogens with two attached hydrogens (primary N) is 1. The van der Waals surface area contributed by atoms with Crippen LogP contribution in [0.3, 0.4) is 0 Å². The maximum Gasteiger partial charge on any atom is 0.169 e. The van der Waals surface area contributed by atoms with E-state index in [1.165, 1.54) is 0 Å². The smallest absolute Gasteiger partial charge is 0.169 e. The van der Waals surface area contributed by atoms with Crippen molar-refractivity contribution in [3.8, 4) is 5.69 Å². The molecule has 0 aliphatic heterocycles. The van der Waals surface area contributed by atoms with Gasteiger partial charge in [-0.15, -0.1) is 5.10 Å². The Hall–Kier alpha value is -1.07. The van der Waals surface area contributed by atoms with Crippen molar-refractivity contribution in [1.29, 1.82) is 0 Å². The maximum atomic E-state index is 6.06. The van der Waals surface area contributed by atoms with E-state index in [1.807, 2.05) is 32.0 Å². The molecule has 0 radical (unpaired) electrons. The van der Waals surface area contributed by atoms with Gasteiger partial charge in [-0.25, -0.2) is 4.68 Å². The van der Waals surface area contributed by atoms with Crippen molar-refractivity contribution in [3.05, 3.63) is 33.4 Å². The number of halogens is 2.